The lowest BCUT2D eigenvalue weighted by Gasteiger charge is -2.45. The molecule has 10 nitrogen and oxygen atoms in total. The Morgan fingerprint density at radius 3 is 2.60 bits per heavy atom. The highest BCUT2D eigenvalue weighted by atomic mass is 35.5. The van der Waals surface area contributed by atoms with Crippen LogP contribution >= 0.6 is 11.6 Å². The van der Waals surface area contributed by atoms with Crippen molar-refractivity contribution in [1.82, 2.24) is 19.4 Å². The Hall–Kier alpha value is -3.96. The molecule has 0 spiro atoms. The summed E-state index contributed by atoms with van der Waals surface area (Å²) in [6.45, 7) is 4.95. The first kappa shape index (κ1) is 33.2. The molecule has 11 heteroatoms. The van der Waals surface area contributed by atoms with Crippen LogP contribution < -0.4 is 10.9 Å². The monoisotopic (exact) mass is 697 g/mol. The normalized spacial score (nSPS) is 32.9. The Morgan fingerprint density at radius 1 is 1.00 bits per heavy atom. The summed E-state index contributed by atoms with van der Waals surface area (Å²) >= 11 is 6.73. The molecule has 4 aromatic rings. The topological polar surface area (TPSA) is 133 Å². The molecular weight excluding hydrogens is 654 g/mol. The van der Waals surface area contributed by atoms with E-state index in [1.54, 1.807) is 0 Å². The molecule has 4 fully saturated rings. The van der Waals surface area contributed by atoms with Crippen LogP contribution in [0.2, 0.25) is 5.02 Å². The van der Waals surface area contributed by atoms with E-state index in [0.29, 0.717) is 48.0 Å². The van der Waals surface area contributed by atoms with E-state index in [9.17, 15) is 15.0 Å². The first-order valence-corrected chi connectivity index (χ1v) is 18.3. The standard InChI is InChI=1S/C39H44ClN5O5/c1-22-6-9-26(10-7-24-18-27(46)20-28(24)34(47)12-13-35(48)50-22)45-33-11-8-25(40)19-29(33)37(41-32-21-44-16-14-23(32)15-17-44)36(39(45)49)38-42-30-4-2-3-5-31(30)43-38/h2-5,7-8,10-13,19,22-24,26-28,32,34,41,46-47H,6,9,14-18,20-21H2,1H3,(H,42,43)/b10-7+,13-12+/t22-,24?,26?,27-,28+,32+,34+/m0/s1. The van der Waals surface area contributed by atoms with Crippen molar-refractivity contribution in [3.8, 4) is 11.4 Å². The molecular formula is C39H44ClN5O5. The summed E-state index contributed by atoms with van der Waals surface area (Å²) in [5.74, 6) is 0.0332. The second kappa shape index (κ2) is 13.6. The molecule has 0 amide bonds. The number of hydrogen-bond donors (Lipinski definition) is 4. The fourth-order valence-electron chi connectivity index (χ4n) is 8.77. The van der Waals surface area contributed by atoms with Gasteiger partial charge in [-0.3, -0.25) is 4.79 Å². The minimum Gasteiger partial charge on any atom is -0.460 e. The van der Waals surface area contributed by atoms with Crippen LogP contribution in [0.4, 0.5) is 5.69 Å². The molecule has 262 valence electrons. The number of carbonyl (C=O) groups excluding carboxylic acids is 1. The number of esters is 1. The summed E-state index contributed by atoms with van der Waals surface area (Å²) in [7, 11) is 0. The zero-order valence-corrected chi connectivity index (χ0v) is 28.9. The molecule has 6 heterocycles. The third-order valence-corrected chi connectivity index (χ3v) is 11.6. The number of ether oxygens (including phenoxy) is 1. The maximum Gasteiger partial charge on any atom is 0.330 e. The summed E-state index contributed by atoms with van der Waals surface area (Å²) in [4.78, 5) is 38.8. The number of fused-ring (bicyclic) bond motifs is 6. The van der Waals surface area contributed by atoms with Crippen LogP contribution in [-0.4, -0.2) is 79.6 Å². The molecule has 50 heavy (non-hydrogen) atoms. The van der Waals surface area contributed by atoms with E-state index in [0.717, 1.165) is 60.1 Å². The van der Waals surface area contributed by atoms with Crippen molar-refractivity contribution < 1.29 is 19.7 Å². The maximum absolute atomic E-state index is 15.3. The van der Waals surface area contributed by atoms with Gasteiger partial charge in [-0.25, -0.2) is 9.78 Å². The number of carbonyl (C=O) groups is 1. The number of piperidine rings is 3. The number of aliphatic hydroxyl groups excluding tert-OH is 2. The van der Waals surface area contributed by atoms with Gasteiger partial charge in [0, 0.05) is 29.1 Å². The summed E-state index contributed by atoms with van der Waals surface area (Å²) in [6.07, 6.45) is 9.03. The number of imidazole rings is 1. The Labute approximate surface area is 295 Å². The molecule has 4 aliphatic heterocycles. The van der Waals surface area contributed by atoms with Crippen LogP contribution in [0.25, 0.3) is 33.3 Å². The smallest absolute Gasteiger partial charge is 0.330 e. The lowest BCUT2D eigenvalue weighted by molar-refractivity contribution is -0.142. The average Bonchev–Trinajstić information content (AvgIpc) is 3.71. The number of para-hydroxylation sites is 2. The van der Waals surface area contributed by atoms with Crippen LogP contribution in [0, 0.1) is 17.8 Å². The SMILES string of the molecule is C[C@H]1CCC(n2c(=O)c(-c3nc4ccccc4[nH]3)c(N[C@@H]3CN4CCC3CC4)c3cc(Cl)ccc32)/C=C/C2C[C@H](O)C[C@H]2[C@H](O)/C=C/C(=O)O1. The van der Waals surface area contributed by atoms with Gasteiger partial charge in [0.15, 0.2) is 0 Å². The number of halogens is 1. The van der Waals surface area contributed by atoms with Crippen molar-refractivity contribution in [2.24, 2.45) is 17.8 Å². The van der Waals surface area contributed by atoms with Gasteiger partial charge in [-0.05, 0) is 113 Å². The van der Waals surface area contributed by atoms with Crippen molar-refractivity contribution in [3.05, 3.63) is 82.1 Å². The van der Waals surface area contributed by atoms with Gasteiger partial charge in [0.2, 0.25) is 0 Å². The van der Waals surface area contributed by atoms with Gasteiger partial charge in [0.1, 0.15) is 11.4 Å². The number of rotatable bonds is 4. The van der Waals surface area contributed by atoms with E-state index < -0.39 is 30.3 Å². The van der Waals surface area contributed by atoms with Crippen molar-refractivity contribution in [3.63, 3.8) is 0 Å². The highest BCUT2D eigenvalue weighted by Crippen LogP contribution is 2.40. The van der Waals surface area contributed by atoms with Crippen molar-refractivity contribution in [2.45, 2.75) is 75.8 Å². The highest BCUT2D eigenvalue weighted by Gasteiger charge is 2.37. The van der Waals surface area contributed by atoms with Gasteiger partial charge in [-0.2, -0.15) is 0 Å². The summed E-state index contributed by atoms with van der Waals surface area (Å²) < 4.78 is 7.50. The van der Waals surface area contributed by atoms with Gasteiger partial charge < -0.3 is 34.7 Å². The fourth-order valence-corrected chi connectivity index (χ4v) is 8.94. The molecule has 9 rings (SSSR count). The second-order valence-electron chi connectivity index (χ2n) is 14.7. The Balaban J connectivity index is 1.32. The number of cyclic esters (lactones) is 1. The largest absolute Gasteiger partial charge is 0.460 e. The van der Waals surface area contributed by atoms with E-state index in [1.165, 1.54) is 12.2 Å². The molecule has 1 saturated carbocycles. The number of hydrogen-bond acceptors (Lipinski definition) is 8. The summed E-state index contributed by atoms with van der Waals surface area (Å²) in [5, 5.41) is 26.9. The molecule has 7 atom stereocenters. The Morgan fingerprint density at radius 2 is 1.82 bits per heavy atom. The molecule has 5 aliphatic rings. The number of allylic oxidation sites excluding steroid dienone is 2. The molecule has 1 aliphatic carbocycles. The number of pyridine rings is 1. The Bertz CT molecular complexity index is 2000. The lowest BCUT2D eigenvalue weighted by atomic mass is 9.83. The quantitative estimate of drug-likeness (QED) is 0.155. The van der Waals surface area contributed by atoms with E-state index in [2.05, 4.69) is 15.2 Å². The van der Waals surface area contributed by atoms with E-state index in [-0.39, 0.29) is 23.4 Å². The zero-order valence-electron chi connectivity index (χ0n) is 28.2. The third kappa shape index (κ3) is 6.38. The number of aliphatic hydroxyl groups is 2. The number of aromatic nitrogens is 3. The average molecular weight is 698 g/mol. The van der Waals surface area contributed by atoms with E-state index >= 15 is 4.79 Å². The zero-order chi connectivity index (χ0) is 34.5. The second-order valence-corrected chi connectivity index (χ2v) is 15.1. The van der Waals surface area contributed by atoms with Crippen molar-refractivity contribution in [1.29, 1.82) is 0 Å². The Kier molecular flexibility index (Phi) is 9.05. The van der Waals surface area contributed by atoms with Gasteiger partial charge in [-0.15, -0.1) is 0 Å². The van der Waals surface area contributed by atoms with Crippen LogP contribution in [0.5, 0.6) is 0 Å². The lowest BCUT2D eigenvalue weighted by Crippen LogP contribution is -2.53. The molecule has 2 aromatic carbocycles. The van der Waals surface area contributed by atoms with Gasteiger partial charge >= 0.3 is 5.97 Å². The van der Waals surface area contributed by atoms with Crippen molar-refractivity contribution >= 4 is 45.2 Å². The van der Waals surface area contributed by atoms with Crippen LogP contribution in [0.1, 0.15) is 51.5 Å². The molecule has 0 radical (unpaired) electrons. The third-order valence-electron chi connectivity index (χ3n) is 11.4. The van der Waals surface area contributed by atoms with Crippen LogP contribution in [-0.2, 0) is 9.53 Å². The van der Waals surface area contributed by atoms with E-state index in [1.807, 2.05) is 66.1 Å². The number of anilines is 1. The van der Waals surface area contributed by atoms with Gasteiger partial charge in [0.05, 0.1) is 46.6 Å². The highest BCUT2D eigenvalue weighted by molar-refractivity contribution is 6.31. The fraction of sp³-hybridized carbons (Fsp3) is 0.462. The number of benzene rings is 2. The van der Waals surface area contributed by atoms with E-state index in [4.69, 9.17) is 21.3 Å². The van der Waals surface area contributed by atoms with Crippen LogP contribution in [0.3, 0.4) is 0 Å². The van der Waals surface area contributed by atoms with Gasteiger partial charge in [0.25, 0.3) is 5.56 Å². The molecule has 2 bridgehead atoms. The number of nitrogens with zero attached hydrogens (tertiary/aromatic N) is 3. The number of aromatic amines is 1. The predicted molar refractivity (Wildman–Crippen MR) is 195 cm³/mol. The summed E-state index contributed by atoms with van der Waals surface area (Å²) in [6, 6.07) is 13.2. The molecule has 4 N–H and O–H groups in total. The molecule has 2 aromatic heterocycles. The maximum atomic E-state index is 15.3. The first-order valence-electron chi connectivity index (χ1n) is 18.0. The molecule has 3 saturated heterocycles. The minimum absolute atomic E-state index is 0.148. The van der Waals surface area contributed by atoms with Gasteiger partial charge in [-0.1, -0.05) is 35.9 Å². The first-order chi connectivity index (χ1) is 24.2. The van der Waals surface area contributed by atoms with Crippen molar-refractivity contribution in [2.75, 3.05) is 25.0 Å². The number of H-pyrrole nitrogens is 1. The molecule has 2 unspecified atom stereocenters. The minimum atomic E-state index is -0.925. The summed E-state index contributed by atoms with van der Waals surface area (Å²) in [5.41, 5.74) is 3.32. The van der Waals surface area contributed by atoms with Crippen LogP contribution in [0.15, 0.2) is 71.6 Å². The number of nitrogens with one attached hydrogen (secondary N) is 2. The predicted octanol–water partition coefficient (Wildman–Crippen LogP) is 5.83.